The number of rotatable bonds is 6. The fraction of sp³-hybridized carbons (Fsp3) is 0.0952. The Morgan fingerprint density at radius 1 is 1.03 bits per heavy atom. The van der Waals surface area contributed by atoms with Crippen LogP contribution in [0.25, 0.3) is 0 Å². The van der Waals surface area contributed by atoms with Gasteiger partial charge >= 0.3 is 5.97 Å². The monoisotopic (exact) mass is 430 g/mol. The molecule has 1 N–H and O–H groups in total. The first-order chi connectivity index (χ1) is 14.0. The number of hydrogen-bond donors (Lipinski definition) is 1. The van der Waals surface area contributed by atoms with E-state index >= 15 is 0 Å². The van der Waals surface area contributed by atoms with Crippen molar-refractivity contribution in [1.29, 1.82) is 0 Å². The predicted molar refractivity (Wildman–Crippen MR) is 110 cm³/mol. The predicted octanol–water partition coefficient (Wildman–Crippen LogP) is 4.93. The number of nitrogens with one attached hydrogen (secondary N) is 1. The summed E-state index contributed by atoms with van der Waals surface area (Å²) in [7, 11) is 1.53. The van der Waals surface area contributed by atoms with E-state index in [-0.39, 0.29) is 15.7 Å². The van der Waals surface area contributed by atoms with Gasteiger partial charge in [0.1, 0.15) is 10.9 Å². The van der Waals surface area contributed by atoms with Crippen LogP contribution in [-0.4, -0.2) is 24.0 Å². The largest absolute Gasteiger partial charge is 0.497 e. The number of anilines is 1. The summed E-state index contributed by atoms with van der Waals surface area (Å²) in [6, 6.07) is 16.9. The second-order valence-corrected chi connectivity index (χ2v) is 6.68. The standard InChI is InChI=1S/C21H16Cl2N2O4/c1-28-16-9-5-8-15(11-16)25-20(26)18(13-6-3-2-4-7-13)29-21(27)14-10-17(22)19(23)24-12-14/h2-12,18H,1H3,(H,25,26)/t18-/m1/s1. The second kappa shape index (κ2) is 9.41. The van der Waals surface area contributed by atoms with E-state index in [1.807, 2.05) is 0 Å². The summed E-state index contributed by atoms with van der Waals surface area (Å²) in [4.78, 5) is 29.3. The number of methoxy groups -OCH3 is 1. The van der Waals surface area contributed by atoms with Crippen molar-refractivity contribution >= 4 is 40.8 Å². The van der Waals surface area contributed by atoms with Crippen molar-refractivity contribution in [2.24, 2.45) is 0 Å². The molecule has 0 spiro atoms. The zero-order valence-corrected chi connectivity index (χ0v) is 16.8. The third-order valence-corrected chi connectivity index (χ3v) is 4.62. The fourth-order valence-corrected chi connectivity index (χ4v) is 2.79. The van der Waals surface area contributed by atoms with E-state index < -0.39 is 18.0 Å². The Balaban J connectivity index is 1.85. The summed E-state index contributed by atoms with van der Waals surface area (Å²) >= 11 is 11.7. The maximum Gasteiger partial charge on any atom is 0.340 e. The number of benzene rings is 2. The molecule has 1 heterocycles. The van der Waals surface area contributed by atoms with Crippen LogP contribution in [0.1, 0.15) is 22.0 Å². The van der Waals surface area contributed by atoms with Gasteiger partial charge in [0.2, 0.25) is 6.10 Å². The molecule has 6 nitrogen and oxygen atoms in total. The number of amides is 1. The molecule has 0 aliphatic heterocycles. The van der Waals surface area contributed by atoms with Gasteiger partial charge in [-0.05, 0) is 18.2 Å². The molecule has 2 aromatic carbocycles. The van der Waals surface area contributed by atoms with Crippen LogP contribution in [0.15, 0.2) is 66.9 Å². The first-order valence-electron chi connectivity index (χ1n) is 8.50. The molecule has 0 radical (unpaired) electrons. The number of carbonyl (C=O) groups excluding carboxylic acids is 2. The minimum absolute atomic E-state index is 0.0681. The number of pyridine rings is 1. The molecule has 0 saturated carbocycles. The number of aromatic nitrogens is 1. The van der Waals surface area contributed by atoms with E-state index in [1.54, 1.807) is 54.6 Å². The second-order valence-electron chi connectivity index (χ2n) is 5.91. The summed E-state index contributed by atoms with van der Waals surface area (Å²) in [5, 5.41) is 2.91. The molecule has 0 fully saturated rings. The lowest BCUT2D eigenvalue weighted by Crippen LogP contribution is -2.26. The van der Waals surface area contributed by atoms with Gasteiger partial charge in [0.15, 0.2) is 0 Å². The molecule has 148 valence electrons. The summed E-state index contributed by atoms with van der Waals surface area (Å²) in [6.45, 7) is 0. The van der Waals surface area contributed by atoms with Crippen LogP contribution >= 0.6 is 23.2 Å². The molecule has 1 atom stereocenters. The Bertz CT molecular complexity index is 1030. The topological polar surface area (TPSA) is 77.5 Å². The summed E-state index contributed by atoms with van der Waals surface area (Å²) in [5.74, 6) is -0.700. The maximum absolute atomic E-state index is 12.9. The van der Waals surface area contributed by atoms with Crippen LogP contribution in [0.5, 0.6) is 5.75 Å². The van der Waals surface area contributed by atoms with E-state index in [0.717, 1.165) is 0 Å². The highest BCUT2D eigenvalue weighted by atomic mass is 35.5. The smallest absolute Gasteiger partial charge is 0.340 e. The third-order valence-electron chi connectivity index (χ3n) is 3.93. The van der Waals surface area contributed by atoms with E-state index in [9.17, 15) is 9.59 Å². The quantitative estimate of drug-likeness (QED) is 0.442. The molecule has 8 heteroatoms. The SMILES string of the molecule is COc1cccc(NC(=O)[C@H](OC(=O)c2cnc(Cl)c(Cl)c2)c2ccccc2)c1. The molecule has 3 aromatic rings. The van der Waals surface area contributed by atoms with Gasteiger partial charge in [-0.1, -0.05) is 59.6 Å². The number of esters is 1. The lowest BCUT2D eigenvalue weighted by atomic mass is 10.1. The van der Waals surface area contributed by atoms with Crippen molar-refractivity contribution in [2.45, 2.75) is 6.10 Å². The van der Waals surface area contributed by atoms with E-state index in [1.165, 1.54) is 19.4 Å². The molecule has 3 rings (SSSR count). The van der Waals surface area contributed by atoms with Crippen molar-refractivity contribution in [1.82, 2.24) is 4.98 Å². The highest BCUT2D eigenvalue weighted by Gasteiger charge is 2.26. The molecule has 0 aliphatic rings. The van der Waals surface area contributed by atoms with Gasteiger partial charge in [-0.25, -0.2) is 9.78 Å². The average Bonchev–Trinajstić information content (AvgIpc) is 2.74. The average molecular weight is 431 g/mol. The number of carbonyl (C=O) groups is 2. The molecule has 0 bridgehead atoms. The first-order valence-corrected chi connectivity index (χ1v) is 9.25. The number of hydrogen-bond acceptors (Lipinski definition) is 5. The van der Waals surface area contributed by atoms with E-state index in [2.05, 4.69) is 10.3 Å². The van der Waals surface area contributed by atoms with Crippen molar-refractivity contribution in [3.8, 4) is 5.75 Å². The zero-order chi connectivity index (χ0) is 20.8. The highest BCUT2D eigenvalue weighted by Crippen LogP contribution is 2.25. The van der Waals surface area contributed by atoms with Crippen LogP contribution in [0.2, 0.25) is 10.2 Å². The number of halogens is 2. The Morgan fingerprint density at radius 3 is 2.48 bits per heavy atom. The summed E-state index contributed by atoms with van der Waals surface area (Å²) < 4.78 is 10.6. The van der Waals surface area contributed by atoms with Crippen LogP contribution < -0.4 is 10.1 Å². The number of ether oxygens (including phenoxy) is 2. The minimum Gasteiger partial charge on any atom is -0.497 e. The van der Waals surface area contributed by atoms with E-state index in [4.69, 9.17) is 32.7 Å². The van der Waals surface area contributed by atoms with Gasteiger partial charge < -0.3 is 14.8 Å². The van der Waals surface area contributed by atoms with Gasteiger partial charge in [-0.2, -0.15) is 0 Å². The molecule has 0 saturated heterocycles. The highest BCUT2D eigenvalue weighted by molar-refractivity contribution is 6.41. The normalized spacial score (nSPS) is 11.4. The van der Waals surface area contributed by atoms with Gasteiger partial charge in [0.25, 0.3) is 5.91 Å². The van der Waals surface area contributed by atoms with Crippen molar-refractivity contribution in [3.63, 3.8) is 0 Å². The zero-order valence-electron chi connectivity index (χ0n) is 15.3. The van der Waals surface area contributed by atoms with Crippen molar-refractivity contribution in [2.75, 3.05) is 12.4 Å². The molecular formula is C21H16Cl2N2O4. The van der Waals surface area contributed by atoms with E-state index in [0.29, 0.717) is 17.0 Å². The Labute approximate surface area is 177 Å². The molecule has 0 unspecified atom stereocenters. The summed E-state index contributed by atoms with van der Waals surface area (Å²) in [6.07, 6.45) is 0.0443. The Kier molecular flexibility index (Phi) is 6.69. The van der Waals surface area contributed by atoms with Crippen LogP contribution in [-0.2, 0) is 9.53 Å². The maximum atomic E-state index is 12.9. The molecule has 0 aliphatic carbocycles. The van der Waals surface area contributed by atoms with Crippen molar-refractivity contribution in [3.05, 3.63) is 88.2 Å². The lowest BCUT2D eigenvalue weighted by Gasteiger charge is -2.18. The first kappa shape index (κ1) is 20.6. The molecule has 1 aromatic heterocycles. The fourth-order valence-electron chi connectivity index (χ4n) is 2.52. The number of nitrogens with zero attached hydrogens (tertiary/aromatic N) is 1. The van der Waals surface area contributed by atoms with Crippen LogP contribution in [0.3, 0.4) is 0 Å². The Hall–Kier alpha value is -3.09. The Morgan fingerprint density at radius 2 is 1.79 bits per heavy atom. The lowest BCUT2D eigenvalue weighted by molar-refractivity contribution is -0.125. The van der Waals surface area contributed by atoms with Gasteiger partial charge in [-0.3, -0.25) is 4.79 Å². The summed E-state index contributed by atoms with van der Waals surface area (Å²) in [5.41, 5.74) is 1.09. The molecule has 1 amide bonds. The van der Waals surface area contributed by atoms with Gasteiger partial charge in [-0.15, -0.1) is 0 Å². The van der Waals surface area contributed by atoms with Gasteiger partial charge in [0.05, 0.1) is 17.7 Å². The van der Waals surface area contributed by atoms with Gasteiger partial charge in [0, 0.05) is 23.5 Å². The molecular weight excluding hydrogens is 415 g/mol. The minimum atomic E-state index is -1.19. The van der Waals surface area contributed by atoms with Crippen LogP contribution in [0, 0.1) is 0 Å². The third kappa shape index (κ3) is 5.25. The molecule has 29 heavy (non-hydrogen) atoms. The van der Waals surface area contributed by atoms with Crippen molar-refractivity contribution < 1.29 is 19.1 Å². The van der Waals surface area contributed by atoms with Crippen LogP contribution in [0.4, 0.5) is 5.69 Å².